The van der Waals surface area contributed by atoms with Crippen LogP contribution in [0.3, 0.4) is 0 Å². The minimum absolute atomic E-state index is 0.243. The molecule has 1 aromatic rings. The van der Waals surface area contributed by atoms with Crippen LogP contribution in [0.15, 0.2) is 24.3 Å². The van der Waals surface area contributed by atoms with Crippen molar-refractivity contribution in [2.24, 2.45) is 17.8 Å². The van der Waals surface area contributed by atoms with Crippen LogP contribution in [0.25, 0.3) is 0 Å². The summed E-state index contributed by atoms with van der Waals surface area (Å²) in [6.45, 7) is 1.96. The fourth-order valence-electron chi connectivity index (χ4n) is 2.72. The summed E-state index contributed by atoms with van der Waals surface area (Å²) < 4.78 is 0. The predicted molar refractivity (Wildman–Crippen MR) is 72.8 cm³/mol. The number of carbonyl (C=O) groups is 2. The fraction of sp³-hybridized carbons (Fsp3) is 0.400. The number of carboxylic acid groups (broad SMARTS) is 1. The Kier molecular flexibility index (Phi) is 4.04. The van der Waals surface area contributed by atoms with Gasteiger partial charge in [-0.05, 0) is 43.0 Å². The number of carboxylic acids is 1. The Bertz CT molecular complexity index is 559. The number of carbonyl (C=O) groups excluding carboxylic acids is 1. The second-order valence-electron chi connectivity index (χ2n) is 5.31. The van der Waals surface area contributed by atoms with E-state index in [1.807, 2.05) is 13.0 Å². The smallest absolute Gasteiger partial charge is 0.307 e. The van der Waals surface area contributed by atoms with Crippen LogP contribution in [0.5, 0.6) is 0 Å². The summed E-state index contributed by atoms with van der Waals surface area (Å²) >= 11 is 0. The number of hydrogen-bond acceptors (Lipinski definition) is 3. The van der Waals surface area contributed by atoms with E-state index in [9.17, 15) is 9.59 Å². The Morgan fingerprint density at radius 1 is 1.25 bits per heavy atom. The Morgan fingerprint density at radius 2 is 1.85 bits per heavy atom. The normalized spacial score (nSPS) is 24.9. The highest BCUT2D eigenvalue weighted by Gasteiger charge is 2.41. The first-order valence-electron chi connectivity index (χ1n) is 6.55. The molecule has 3 atom stereocenters. The molecule has 1 aromatic carbocycles. The monoisotopic (exact) mass is 272 g/mol. The number of nitrogens with one attached hydrogen (secondary N) is 1. The summed E-state index contributed by atoms with van der Waals surface area (Å²) in [6.07, 6.45) is 1.14. The van der Waals surface area contributed by atoms with E-state index in [4.69, 9.17) is 10.4 Å². The summed E-state index contributed by atoms with van der Waals surface area (Å²) in [6, 6.07) is 8.51. The molecule has 2 N–H and O–H groups in total. The van der Waals surface area contributed by atoms with Gasteiger partial charge in [0.1, 0.15) is 0 Å². The van der Waals surface area contributed by atoms with E-state index in [-0.39, 0.29) is 11.8 Å². The standard InChI is InChI=1S/C15H16N2O3/c1-9-6-12(13(7-9)15(19)20)14(18)17-11-4-2-10(8-16)3-5-11/h2-5,9,12-13H,6-7H2,1H3,(H,17,18)(H,19,20). The molecule has 0 bridgehead atoms. The van der Waals surface area contributed by atoms with Crippen LogP contribution in [0.2, 0.25) is 0 Å². The van der Waals surface area contributed by atoms with Crippen molar-refractivity contribution < 1.29 is 14.7 Å². The van der Waals surface area contributed by atoms with Gasteiger partial charge in [-0.2, -0.15) is 5.26 Å². The minimum Gasteiger partial charge on any atom is -0.481 e. The Balaban J connectivity index is 2.07. The van der Waals surface area contributed by atoms with Gasteiger partial charge in [0.25, 0.3) is 0 Å². The van der Waals surface area contributed by atoms with Crippen molar-refractivity contribution >= 4 is 17.6 Å². The number of nitrogens with zero attached hydrogens (tertiary/aromatic N) is 1. The first-order valence-corrected chi connectivity index (χ1v) is 6.55. The molecule has 3 unspecified atom stereocenters. The number of aliphatic carboxylic acids is 1. The minimum atomic E-state index is -0.908. The lowest BCUT2D eigenvalue weighted by Gasteiger charge is -2.15. The van der Waals surface area contributed by atoms with Gasteiger partial charge in [-0.1, -0.05) is 6.92 Å². The molecule has 0 aliphatic heterocycles. The van der Waals surface area contributed by atoms with E-state index in [1.54, 1.807) is 24.3 Å². The van der Waals surface area contributed by atoms with Gasteiger partial charge < -0.3 is 10.4 Å². The van der Waals surface area contributed by atoms with Gasteiger partial charge in [-0.3, -0.25) is 9.59 Å². The van der Waals surface area contributed by atoms with Crippen LogP contribution >= 0.6 is 0 Å². The molecule has 1 aliphatic rings. The summed E-state index contributed by atoms with van der Waals surface area (Å²) in [5.74, 6) is -2.02. The average molecular weight is 272 g/mol. The summed E-state index contributed by atoms with van der Waals surface area (Å²) in [5, 5.41) is 20.6. The van der Waals surface area contributed by atoms with E-state index in [0.717, 1.165) is 0 Å². The topological polar surface area (TPSA) is 90.2 Å². The molecular formula is C15H16N2O3. The highest BCUT2D eigenvalue weighted by molar-refractivity contribution is 5.95. The molecule has 1 saturated carbocycles. The van der Waals surface area contributed by atoms with Crippen molar-refractivity contribution in [3.8, 4) is 6.07 Å². The molecule has 0 radical (unpaired) electrons. The molecule has 1 fully saturated rings. The zero-order chi connectivity index (χ0) is 14.7. The molecule has 1 amide bonds. The van der Waals surface area contributed by atoms with Crippen molar-refractivity contribution in [3.63, 3.8) is 0 Å². The third kappa shape index (κ3) is 2.97. The van der Waals surface area contributed by atoms with Crippen LogP contribution in [-0.2, 0) is 9.59 Å². The van der Waals surface area contributed by atoms with E-state index in [0.29, 0.717) is 24.1 Å². The third-order valence-electron chi connectivity index (χ3n) is 3.73. The zero-order valence-electron chi connectivity index (χ0n) is 11.2. The van der Waals surface area contributed by atoms with Crippen molar-refractivity contribution in [2.75, 3.05) is 5.32 Å². The maximum atomic E-state index is 12.2. The molecule has 0 aromatic heterocycles. The molecule has 0 spiro atoms. The first kappa shape index (κ1) is 14.1. The predicted octanol–water partition coefficient (Wildman–Crippen LogP) is 2.24. The van der Waals surface area contributed by atoms with Gasteiger partial charge in [0.05, 0.1) is 23.5 Å². The second-order valence-corrected chi connectivity index (χ2v) is 5.31. The number of nitriles is 1. The van der Waals surface area contributed by atoms with Crippen LogP contribution in [0.4, 0.5) is 5.69 Å². The number of rotatable bonds is 3. The maximum absolute atomic E-state index is 12.2. The lowest BCUT2D eigenvalue weighted by Crippen LogP contribution is -2.29. The second kappa shape index (κ2) is 5.74. The number of benzene rings is 1. The largest absolute Gasteiger partial charge is 0.481 e. The first-order chi connectivity index (χ1) is 9.51. The molecule has 0 heterocycles. The molecule has 1 aliphatic carbocycles. The summed E-state index contributed by atoms with van der Waals surface area (Å²) in [5.41, 5.74) is 1.10. The van der Waals surface area contributed by atoms with Gasteiger partial charge in [-0.15, -0.1) is 0 Å². The van der Waals surface area contributed by atoms with Gasteiger partial charge in [0.15, 0.2) is 0 Å². The lowest BCUT2D eigenvalue weighted by atomic mass is 9.95. The molecule has 20 heavy (non-hydrogen) atoms. The summed E-state index contributed by atoms with van der Waals surface area (Å²) in [7, 11) is 0. The quantitative estimate of drug-likeness (QED) is 0.883. The molecule has 5 nitrogen and oxygen atoms in total. The van der Waals surface area contributed by atoms with Gasteiger partial charge in [0.2, 0.25) is 5.91 Å². The zero-order valence-corrected chi connectivity index (χ0v) is 11.2. The third-order valence-corrected chi connectivity index (χ3v) is 3.73. The molecule has 5 heteroatoms. The maximum Gasteiger partial charge on any atom is 0.307 e. The van der Waals surface area contributed by atoms with Crippen LogP contribution in [0, 0.1) is 29.1 Å². The van der Waals surface area contributed by atoms with Crippen molar-refractivity contribution in [2.45, 2.75) is 19.8 Å². The van der Waals surface area contributed by atoms with Crippen molar-refractivity contribution in [3.05, 3.63) is 29.8 Å². The van der Waals surface area contributed by atoms with Gasteiger partial charge >= 0.3 is 5.97 Å². The number of amides is 1. The fourth-order valence-corrected chi connectivity index (χ4v) is 2.72. The Morgan fingerprint density at radius 3 is 2.40 bits per heavy atom. The van der Waals surface area contributed by atoms with Gasteiger partial charge in [0, 0.05) is 5.69 Å². The van der Waals surface area contributed by atoms with Gasteiger partial charge in [-0.25, -0.2) is 0 Å². The van der Waals surface area contributed by atoms with E-state index >= 15 is 0 Å². The molecule has 2 rings (SSSR count). The summed E-state index contributed by atoms with van der Waals surface area (Å²) in [4.78, 5) is 23.4. The Hall–Kier alpha value is -2.35. The number of hydrogen-bond donors (Lipinski definition) is 2. The lowest BCUT2D eigenvalue weighted by molar-refractivity contribution is -0.145. The highest BCUT2D eigenvalue weighted by atomic mass is 16.4. The molecule has 104 valence electrons. The van der Waals surface area contributed by atoms with Crippen molar-refractivity contribution in [1.82, 2.24) is 0 Å². The molecular weight excluding hydrogens is 256 g/mol. The average Bonchev–Trinajstić information content (AvgIpc) is 2.82. The Labute approximate surface area is 117 Å². The van der Waals surface area contributed by atoms with Crippen LogP contribution < -0.4 is 5.32 Å². The highest BCUT2D eigenvalue weighted by Crippen LogP contribution is 2.37. The molecule has 0 saturated heterocycles. The van der Waals surface area contributed by atoms with E-state index in [1.165, 1.54) is 0 Å². The van der Waals surface area contributed by atoms with Crippen LogP contribution in [0.1, 0.15) is 25.3 Å². The van der Waals surface area contributed by atoms with E-state index in [2.05, 4.69) is 5.32 Å². The van der Waals surface area contributed by atoms with Crippen LogP contribution in [-0.4, -0.2) is 17.0 Å². The van der Waals surface area contributed by atoms with E-state index < -0.39 is 17.8 Å². The SMILES string of the molecule is CC1CC(C(=O)O)C(C(=O)Nc2ccc(C#N)cc2)C1. The van der Waals surface area contributed by atoms with Crippen molar-refractivity contribution in [1.29, 1.82) is 5.26 Å². The number of anilines is 1.